The number of hydrogen-bond acceptors (Lipinski definition) is 4. The van der Waals surface area contributed by atoms with Gasteiger partial charge in [-0.3, -0.25) is 9.59 Å². The summed E-state index contributed by atoms with van der Waals surface area (Å²) in [6.07, 6.45) is 1.02. The topological polar surface area (TPSA) is 43.9 Å². The molecule has 3 heterocycles. The average Bonchev–Trinajstić information content (AvgIpc) is 3.29. The van der Waals surface area contributed by atoms with Crippen molar-refractivity contribution in [2.45, 2.75) is 39.3 Å². The molecule has 3 saturated heterocycles. The van der Waals surface area contributed by atoms with Gasteiger partial charge in [0.25, 0.3) is 5.91 Å². The van der Waals surface area contributed by atoms with Crippen LogP contribution in [0.5, 0.6) is 0 Å². The molecule has 0 bridgehead atoms. The van der Waals surface area contributed by atoms with Crippen LogP contribution in [0, 0.1) is 26.7 Å². The Labute approximate surface area is 165 Å². The van der Waals surface area contributed by atoms with Crippen LogP contribution in [0.4, 0.5) is 5.69 Å². The molecule has 3 atom stereocenters. The van der Waals surface area contributed by atoms with Crippen molar-refractivity contribution in [1.82, 2.24) is 10.0 Å². The van der Waals surface area contributed by atoms with E-state index in [4.69, 9.17) is 0 Å². The second kappa shape index (κ2) is 6.26. The molecule has 0 saturated carbocycles. The van der Waals surface area contributed by atoms with Gasteiger partial charge < -0.3 is 0 Å². The normalized spacial score (nSPS) is 27.5. The summed E-state index contributed by atoms with van der Waals surface area (Å²) in [6.45, 7) is 7.75. The molecule has 3 aliphatic rings. The summed E-state index contributed by atoms with van der Waals surface area (Å²) in [5.74, 6) is -0.487. The molecule has 5 rings (SSSR count). The maximum Gasteiger partial charge on any atom is 0.253 e. The van der Waals surface area contributed by atoms with Gasteiger partial charge in [0.2, 0.25) is 5.91 Å². The van der Waals surface area contributed by atoms with Gasteiger partial charge in [0.05, 0.1) is 17.6 Å². The van der Waals surface area contributed by atoms with E-state index in [0.717, 1.165) is 47.5 Å². The maximum atomic E-state index is 13.7. The van der Waals surface area contributed by atoms with Crippen LogP contribution in [0.3, 0.4) is 0 Å². The molecular formula is C23H25N3O2. The quantitative estimate of drug-likeness (QED) is 0.757. The van der Waals surface area contributed by atoms with Crippen LogP contribution in [0.15, 0.2) is 42.5 Å². The Hall–Kier alpha value is -2.50. The first-order valence-electron chi connectivity index (χ1n) is 10.0. The van der Waals surface area contributed by atoms with E-state index in [2.05, 4.69) is 22.2 Å². The lowest BCUT2D eigenvalue weighted by Crippen LogP contribution is -2.44. The van der Waals surface area contributed by atoms with Gasteiger partial charge in [0, 0.05) is 13.1 Å². The highest BCUT2D eigenvalue weighted by atomic mass is 16.2. The van der Waals surface area contributed by atoms with Crippen LogP contribution < -0.4 is 4.90 Å². The molecule has 2 aromatic carbocycles. The zero-order valence-electron chi connectivity index (χ0n) is 16.6. The van der Waals surface area contributed by atoms with Crippen LogP contribution in [-0.2, 0) is 9.59 Å². The molecule has 28 heavy (non-hydrogen) atoms. The Morgan fingerprint density at radius 3 is 2.07 bits per heavy atom. The van der Waals surface area contributed by atoms with Crippen molar-refractivity contribution in [1.29, 1.82) is 0 Å². The fourth-order valence-electron chi connectivity index (χ4n) is 5.51. The third-order valence-corrected chi connectivity index (χ3v) is 6.41. The second-order valence-corrected chi connectivity index (χ2v) is 8.27. The summed E-state index contributed by atoms with van der Waals surface area (Å²) in [5, 5.41) is 4.41. The van der Waals surface area contributed by atoms with E-state index in [1.165, 1.54) is 4.90 Å². The molecule has 3 fully saturated rings. The molecule has 0 unspecified atom stereocenters. The lowest BCUT2D eigenvalue weighted by Gasteiger charge is -2.30. The van der Waals surface area contributed by atoms with E-state index in [-0.39, 0.29) is 29.8 Å². The zero-order valence-corrected chi connectivity index (χ0v) is 16.6. The Bertz CT molecular complexity index is 948. The molecule has 0 aromatic heterocycles. The van der Waals surface area contributed by atoms with Crippen LogP contribution in [0.2, 0.25) is 0 Å². The molecule has 0 aliphatic carbocycles. The van der Waals surface area contributed by atoms with Gasteiger partial charge in [-0.05, 0) is 43.9 Å². The maximum absolute atomic E-state index is 13.7. The van der Waals surface area contributed by atoms with Gasteiger partial charge in [0.15, 0.2) is 0 Å². The van der Waals surface area contributed by atoms with Crippen molar-refractivity contribution in [3.63, 3.8) is 0 Å². The van der Waals surface area contributed by atoms with E-state index in [0.29, 0.717) is 0 Å². The SMILES string of the molecule is Cc1cc(C)c(N2C(=O)[C@H]3[C@@H](C2=O)N2CCCN2[C@H]3c2ccccc2)c(C)c1. The van der Waals surface area contributed by atoms with Gasteiger partial charge in [-0.2, -0.15) is 0 Å². The van der Waals surface area contributed by atoms with E-state index < -0.39 is 0 Å². The second-order valence-electron chi connectivity index (χ2n) is 8.27. The number of carbonyl (C=O) groups is 2. The number of fused-ring (bicyclic) bond motifs is 3. The molecule has 0 spiro atoms. The standard InChI is InChI=1S/C23H25N3O2/c1-14-12-15(2)19(16(3)13-14)26-22(27)18-20(17-8-5-4-6-9-17)24-10-7-11-25(24)21(18)23(26)28/h4-6,8-9,12-13,18,20-21H,7,10-11H2,1-3H3/t18-,20+,21+/m1/s1. The number of nitrogens with zero attached hydrogens (tertiary/aromatic N) is 3. The smallest absolute Gasteiger partial charge is 0.253 e. The Morgan fingerprint density at radius 2 is 1.43 bits per heavy atom. The highest BCUT2D eigenvalue weighted by Gasteiger charge is 2.63. The summed E-state index contributed by atoms with van der Waals surface area (Å²) < 4.78 is 0. The van der Waals surface area contributed by atoms with Gasteiger partial charge in [-0.1, -0.05) is 48.0 Å². The van der Waals surface area contributed by atoms with Crippen LogP contribution in [-0.4, -0.2) is 41.0 Å². The molecule has 2 aromatic rings. The molecule has 0 N–H and O–H groups in total. The van der Waals surface area contributed by atoms with Crippen molar-refractivity contribution in [2.75, 3.05) is 18.0 Å². The lowest BCUT2D eigenvalue weighted by molar-refractivity contribution is -0.126. The average molecular weight is 375 g/mol. The van der Waals surface area contributed by atoms with E-state index in [1.807, 2.05) is 51.1 Å². The van der Waals surface area contributed by atoms with Crippen LogP contribution in [0.25, 0.3) is 0 Å². The fourth-order valence-corrected chi connectivity index (χ4v) is 5.51. The van der Waals surface area contributed by atoms with Crippen molar-refractivity contribution in [3.8, 4) is 0 Å². The minimum atomic E-state index is -0.389. The highest BCUT2D eigenvalue weighted by Crippen LogP contribution is 2.49. The summed E-state index contributed by atoms with van der Waals surface area (Å²) in [5.41, 5.74) is 4.99. The van der Waals surface area contributed by atoms with Crippen LogP contribution >= 0.6 is 0 Å². The van der Waals surface area contributed by atoms with Gasteiger partial charge in [-0.15, -0.1) is 0 Å². The Morgan fingerprint density at radius 1 is 0.821 bits per heavy atom. The number of carbonyl (C=O) groups excluding carboxylic acids is 2. The first-order chi connectivity index (χ1) is 13.5. The minimum absolute atomic E-state index is 0.0618. The minimum Gasteiger partial charge on any atom is -0.274 e. The molecule has 5 nitrogen and oxygen atoms in total. The lowest BCUT2D eigenvalue weighted by atomic mass is 9.90. The number of hydrazine groups is 1. The summed E-state index contributed by atoms with van der Waals surface area (Å²) in [6, 6.07) is 13.8. The van der Waals surface area contributed by atoms with Crippen molar-refractivity contribution in [2.24, 2.45) is 5.92 Å². The number of hydrogen-bond donors (Lipinski definition) is 0. The van der Waals surface area contributed by atoms with Crippen molar-refractivity contribution in [3.05, 3.63) is 64.7 Å². The summed E-state index contributed by atoms with van der Waals surface area (Å²) in [7, 11) is 0. The van der Waals surface area contributed by atoms with Gasteiger partial charge in [-0.25, -0.2) is 14.9 Å². The molecule has 3 aliphatic heterocycles. The number of amides is 2. The predicted molar refractivity (Wildman–Crippen MR) is 108 cm³/mol. The fraction of sp³-hybridized carbons (Fsp3) is 0.391. The largest absolute Gasteiger partial charge is 0.274 e. The number of benzene rings is 2. The predicted octanol–water partition coefficient (Wildman–Crippen LogP) is 3.15. The number of anilines is 1. The van der Waals surface area contributed by atoms with Crippen molar-refractivity contribution < 1.29 is 9.59 Å². The van der Waals surface area contributed by atoms with E-state index in [1.54, 1.807) is 0 Å². The third-order valence-electron chi connectivity index (χ3n) is 6.41. The first kappa shape index (κ1) is 17.6. The van der Waals surface area contributed by atoms with Crippen molar-refractivity contribution >= 4 is 17.5 Å². The summed E-state index contributed by atoms with van der Waals surface area (Å²) in [4.78, 5) is 28.7. The van der Waals surface area contributed by atoms with E-state index in [9.17, 15) is 9.59 Å². The van der Waals surface area contributed by atoms with Crippen LogP contribution in [0.1, 0.15) is 34.7 Å². The third kappa shape index (κ3) is 2.33. The summed E-state index contributed by atoms with van der Waals surface area (Å²) >= 11 is 0. The molecular weight excluding hydrogens is 350 g/mol. The number of imide groups is 1. The van der Waals surface area contributed by atoms with E-state index >= 15 is 0 Å². The molecule has 0 radical (unpaired) electrons. The first-order valence-corrected chi connectivity index (χ1v) is 10.0. The Balaban J connectivity index is 1.62. The molecule has 2 amide bonds. The zero-order chi connectivity index (χ0) is 19.6. The number of aryl methyl sites for hydroxylation is 3. The van der Waals surface area contributed by atoms with Gasteiger partial charge >= 0.3 is 0 Å². The number of rotatable bonds is 2. The molecule has 5 heteroatoms. The molecule has 144 valence electrons. The van der Waals surface area contributed by atoms with Gasteiger partial charge in [0.1, 0.15) is 6.04 Å². The highest BCUT2D eigenvalue weighted by molar-refractivity contribution is 6.24. The Kier molecular flexibility index (Phi) is 3.93. The monoisotopic (exact) mass is 375 g/mol.